The van der Waals surface area contributed by atoms with Crippen molar-refractivity contribution >= 4 is 31.9 Å². The van der Waals surface area contributed by atoms with Crippen LogP contribution >= 0.6 is 31.9 Å². The molecular weight excluding hydrogens is 526 g/mol. The van der Waals surface area contributed by atoms with Gasteiger partial charge in [0.05, 0.1) is 15.1 Å². The highest BCUT2D eigenvalue weighted by molar-refractivity contribution is 9.11. The van der Waals surface area contributed by atoms with Crippen LogP contribution in [0.25, 0.3) is 11.3 Å². The van der Waals surface area contributed by atoms with E-state index in [0.29, 0.717) is 32.8 Å². The second-order valence-electron chi connectivity index (χ2n) is 6.59. The molecule has 0 unspecified atom stereocenters. The molecule has 6 nitrogen and oxygen atoms in total. The number of rotatable bonds is 7. The summed E-state index contributed by atoms with van der Waals surface area (Å²) in [6.45, 7) is 0.667. The molecule has 1 heterocycles. The molecule has 0 radical (unpaired) electrons. The van der Waals surface area contributed by atoms with Gasteiger partial charge in [-0.1, -0.05) is 36.4 Å². The second kappa shape index (κ2) is 9.89. The molecule has 0 saturated carbocycles. The van der Waals surface area contributed by atoms with Crippen molar-refractivity contribution in [1.29, 1.82) is 0 Å². The van der Waals surface area contributed by atoms with Crippen LogP contribution in [0.2, 0.25) is 0 Å². The fraction of sp³-hybridized carbons (Fsp3) is 0.0870. The number of aromatic hydroxyl groups is 1. The number of halogens is 2. The van der Waals surface area contributed by atoms with Gasteiger partial charge in [0.25, 0.3) is 0 Å². The summed E-state index contributed by atoms with van der Waals surface area (Å²) in [6.07, 6.45) is 1.62. The van der Waals surface area contributed by atoms with E-state index in [0.717, 1.165) is 16.9 Å². The summed E-state index contributed by atoms with van der Waals surface area (Å²) in [7, 11) is 0. The third-order valence-corrected chi connectivity index (χ3v) is 5.55. The largest absolute Gasteiger partial charge is 0.506 e. The molecule has 3 aromatic carbocycles. The van der Waals surface area contributed by atoms with Gasteiger partial charge in [0.2, 0.25) is 0 Å². The maximum Gasteiger partial charge on any atom is 0.188 e. The Balaban J connectivity index is 1.37. The van der Waals surface area contributed by atoms with Crippen molar-refractivity contribution < 1.29 is 14.6 Å². The Morgan fingerprint density at radius 3 is 2.10 bits per heavy atom. The quantitative estimate of drug-likeness (QED) is 0.312. The van der Waals surface area contributed by atoms with Gasteiger partial charge in [0.15, 0.2) is 5.82 Å². The van der Waals surface area contributed by atoms with E-state index in [1.165, 1.54) is 0 Å². The van der Waals surface area contributed by atoms with Gasteiger partial charge in [0, 0.05) is 11.6 Å². The first kappa shape index (κ1) is 21.3. The van der Waals surface area contributed by atoms with Gasteiger partial charge < -0.3 is 14.6 Å². The van der Waals surface area contributed by atoms with Crippen LogP contribution in [0.4, 0.5) is 0 Å². The lowest BCUT2D eigenvalue weighted by atomic mass is 10.1. The van der Waals surface area contributed by atoms with Crippen molar-refractivity contribution in [3.05, 3.63) is 93.3 Å². The van der Waals surface area contributed by atoms with E-state index in [1.807, 2.05) is 54.6 Å². The fourth-order valence-electron chi connectivity index (χ4n) is 2.75. The van der Waals surface area contributed by atoms with E-state index in [9.17, 15) is 5.11 Å². The van der Waals surface area contributed by atoms with Gasteiger partial charge in [-0.05, 0) is 61.7 Å². The van der Waals surface area contributed by atoms with Crippen molar-refractivity contribution in [2.45, 2.75) is 13.2 Å². The van der Waals surface area contributed by atoms with Crippen LogP contribution in [-0.4, -0.2) is 20.3 Å². The van der Waals surface area contributed by atoms with Crippen molar-refractivity contribution in [1.82, 2.24) is 15.2 Å². The minimum Gasteiger partial charge on any atom is -0.506 e. The Labute approximate surface area is 196 Å². The molecule has 1 N–H and O–H groups in total. The van der Waals surface area contributed by atoms with E-state index in [4.69, 9.17) is 9.47 Å². The Kier molecular flexibility index (Phi) is 6.79. The van der Waals surface area contributed by atoms with Crippen molar-refractivity contribution in [3.63, 3.8) is 0 Å². The molecular formula is C23H17Br2N3O3. The molecule has 31 heavy (non-hydrogen) atoms. The molecule has 4 rings (SSSR count). The highest BCUT2D eigenvalue weighted by Gasteiger charge is 2.10. The minimum atomic E-state index is 0.129. The zero-order valence-electron chi connectivity index (χ0n) is 16.2. The average molecular weight is 543 g/mol. The highest BCUT2D eigenvalue weighted by atomic mass is 79.9. The smallest absolute Gasteiger partial charge is 0.188 e. The van der Waals surface area contributed by atoms with Crippen LogP contribution in [-0.2, 0) is 13.2 Å². The zero-order chi connectivity index (χ0) is 21.6. The average Bonchev–Trinajstić information content (AvgIpc) is 2.81. The topological polar surface area (TPSA) is 77.4 Å². The maximum absolute atomic E-state index is 9.84. The molecule has 4 aromatic rings. The lowest BCUT2D eigenvalue weighted by molar-refractivity contribution is 0.283. The molecule has 0 spiro atoms. The molecule has 156 valence electrons. The number of phenolic OH excluding ortho intramolecular Hbond substituents is 1. The van der Waals surface area contributed by atoms with Gasteiger partial charge in [-0.15, -0.1) is 10.2 Å². The van der Waals surface area contributed by atoms with E-state index in [2.05, 4.69) is 47.0 Å². The molecule has 0 saturated heterocycles. The van der Waals surface area contributed by atoms with Gasteiger partial charge in [-0.3, -0.25) is 0 Å². The lowest BCUT2D eigenvalue weighted by Gasteiger charge is -2.09. The van der Waals surface area contributed by atoms with E-state index in [-0.39, 0.29) is 12.4 Å². The van der Waals surface area contributed by atoms with Crippen LogP contribution < -0.4 is 9.47 Å². The van der Waals surface area contributed by atoms with Crippen LogP contribution in [0, 0.1) is 0 Å². The predicted molar refractivity (Wildman–Crippen MR) is 124 cm³/mol. The standard InChI is InChI=1S/C23H17Br2N3O3/c24-19-9-16(10-20(25)23(19)29)21-12-26-22(28-27-21)14-31-18-8-4-7-17(11-18)30-13-15-5-2-1-3-6-15/h1-12,29H,13-14H2. The van der Waals surface area contributed by atoms with Crippen LogP contribution in [0.1, 0.15) is 11.4 Å². The summed E-state index contributed by atoms with van der Waals surface area (Å²) in [5.41, 5.74) is 2.45. The predicted octanol–water partition coefficient (Wildman–Crippen LogP) is 5.93. The molecule has 0 amide bonds. The van der Waals surface area contributed by atoms with Gasteiger partial charge >= 0.3 is 0 Å². The number of ether oxygens (including phenoxy) is 2. The molecule has 0 fully saturated rings. The summed E-state index contributed by atoms with van der Waals surface area (Å²) < 4.78 is 12.7. The summed E-state index contributed by atoms with van der Waals surface area (Å²) in [4.78, 5) is 4.33. The van der Waals surface area contributed by atoms with Crippen LogP contribution in [0.15, 0.2) is 81.9 Å². The van der Waals surface area contributed by atoms with E-state index in [1.54, 1.807) is 18.3 Å². The molecule has 8 heteroatoms. The minimum absolute atomic E-state index is 0.129. The third-order valence-electron chi connectivity index (χ3n) is 4.34. The summed E-state index contributed by atoms with van der Waals surface area (Å²) in [6, 6.07) is 20.9. The molecule has 0 aliphatic rings. The zero-order valence-corrected chi connectivity index (χ0v) is 19.4. The van der Waals surface area contributed by atoms with E-state index >= 15 is 0 Å². The summed E-state index contributed by atoms with van der Waals surface area (Å²) in [5, 5.41) is 18.2. The first-order valence-corrected chi connectivity index (χ1v) is 10.9. The summed E-state index contributed by atoms with van der Waals surface area (Å²) in [5.74, 6) is 1.96. The van der Waals surface area contributed by atoms with Crippen molar-refractivity contribution in [2.75, 3.05) is 0 Å². The monoisotopic (exact) mass is 541 g/mol. The first-order chi connectivity index (χ1) is 15.1. The van der Waals surface area contributed by atoms with Gasteiger partial charge in [0.1, 0.15) is 36.2 Å². The molecule has 0 atom stereocenters. The first-order valence-electron chi connectivity index (χ1n) is 9.35. The highest BCUT2D eigenvalue weighted by Crippen LogP contribution is 2.36. The van der Waals surface area contributed by atoms with Gasteiger partial charge in [-0.25, -0.2) is 4.98 Å². The van der Waals surface area contributed by atoms with Crippen LogP contribution in [0.5, 0.6) is 17.2 Å². The number of aromatic nitrogens is 3. The van der Waals surface area contributed by atoms with E-state index < -0.39 is 0 Å². The summed E-state index contributed by atoms with van der Waals surface area (Å²) >= 11 is 6.62. The van der Waals surface area contributed by atoms with Gasteiger partial charge in [-0.2, -0.15) is 0 Å². The number of phenols is 1. The number of nitrogens with zero attached hydrogens (tertiary/aromatic N) is 3. The maximum atomic E-state index is 9.84. The Morgan fingerprint density at radius 1 is 0.774 bits per heavy atom. The number of hydrogen-bond donors (Lipinski definition) is 1. The molecule has 0 aliphatic heterocycles. The molecule has 0 aliphatic carbocycles. The molecule has 1 aromatic heterocycles. The Hall–Kier alpha value is -2.97. The molecule has 0 bridgehead atoms. The van der Waals surface area contributed by atoms with Crippen molar-refractivity contribution in [3.8, 4) is 28.5 Å². The Morgan fingerprint density at radius 2 is 1.45 bits per heavy atom. The fourth-order valence-corrected chi connectivity index (χ4v) is 3.94. The lowest BCUT2D eigenvalue weighted by Crippen LogP contribution is -2.04. The number of hydrogen-bond acceptors (Lipinski definition) is 6. The second-order valence-corrected chi connectivity index (χ2v) is 8.29. The normalized spacial score (nSPS) is 10.6. The Bertz CT molecular complexity index is 1150. The SMILES string of the molecule is Oc1c(Br)cc(-c2cnc(COc3cccc(OCc4ccccc4)c3)nn2)cc1Br. The van der Waals surface area contributed by atoms with Crippen molar-refractivity contribution in [2.24, 2.45) is 0 Å². The number of benzene rings is 3. The third kappa shape index (κ3) is 5.59. The van der Waals surface area contributed by atoms with Crippen LogP contribution in [0.3, 0.4) is 0 Å².